The van der Waals surface area contributed by atoms with E-state index < -0.39 is 35.2 Å². The number of nitriles is 1. The van der Waals surface area contributed by atoms with Gasteiger partial charge in [0.05, 0.1) is 11.3 Å². The summed E-state index contributed by atoms with van der Waals surface area (Å²) in [5.41, 5.74) is -0.865. The van der Waals surface area contributed by atoms with E-state index in [2.05, 4.69) is 5.32 Å². The fourth-order valence-corrected chi connectivity index (χ4v) is 2.46. The molecule has 1 saturated heterocycles. The van der Waals surface area contributed by atoms with Crippen molar-refractivity contribution in [3.8, 4) is 6.07 Å². The van der Waals surface area contributed by atoms with E-state index in [1.807, 2.05) is 0 Å². The zero-order valence-electron chi connectivity index (χ0n) is 14.3. The number of carbonyl (C=O) groups excluding carboxylic acids is 1. The summed E-state index contributed by atoms with van der Waals surface area (Å²) in [7, 11) is 0. The molecule has 0 radical (unpaired) electrons. The van der Waals surface area contributed by atoms with Crippen molar-refractivity contribution in [1.29, 1.82) is 10.7 Å². The number of nitrogens with zero attached hydrogens (tertiary/aromatic N) is 2. The average molecular weight is 366 g/mol. The topological polar surface area (TPSA) is 98.4 Å². The molecule has 2 N–H and O–H groups in total. The third-order valence-electron chi connectivity index (χ3n) is 3.85. The maximum absolute atomic E-state index is 13.9. The van der Waals surface area contributed by atoms with Gasteiger partial charge in [0.2, 0.25) is 0 Å². The Kier molecular flexibility index (Phi) is 7.00. The summed E-state index contributed by atoms with van der Waals surface area (Å²) >= 11 is 0. The lowest BCUT2D eigenvalue weighted by Gasteiger charge is -2.26. The summed E-state index contributed by atoms with van der Waals surface area (Å²) in [5, 5.41) is 18.9. The number of hydrogen-bond acceptors (Lipinski definition) is 5. The minimum absolute atomic E-state index is 0.131. The fourth-order valence-electron chi connectivity index (χ4n) is 2.46. The highest BCUT2D eigenvalue weighted by Crippen LogP contribution is 2.19. The van der Waals surface area contributed by atoms with Gasteiger partial charge in [-0.05, 0) is 32.3 Å². The van der Waals surface area contributed by atoms with Crippen molar-refractivity contribution < 1.29 is 23.0 Å². The normalized spacial score (nSPS) is 16.6. The number of hydrogen-bond donors (Lipinski definition) is 2. The summed E-state index contributed by atoms with van der Waals surface area (Å²) < 4.78 is 38.4. The highest BCUT2D eigenvalue weighted by atomic mass is 19.1. The van der Waals surface area contributed by atoms with Crippen LogP contribution < -0.4 is 5.32 Å². The predicted molar refractivity (Wildman–Crippen MR) is 89.7 cm³/mol. The van der Waals surface area contributed by atoms with Crippen LogP contribution in [0.4, 0.5) is 19.3 Å². The second-order valence-electron chi connectivity index (χ2n) is 5.65. The molecule has 1 unspecified atom stereocenters. The number of ether oxygens (including phenoxy) is 2. The second kappa shape index (κ2) is 9.22. The van der Waals surface area contributed by atoms with Gasteiger partial charge in [0.25, 0.3) is 0 Å². The molecule has 0 saturated carbocycles. The SMILES string of the molecule is CCN(C(=N)COC1CCCCO1)C(=O)Nc1cc(F)c(C#N)cc1F. The Hall–Kier alpha value is -2.57. The molecule has 1 heterocycles. The van der Waals surface area contributed by atoms with E-state index in [0.717, 1.165) is 30.2 Å². The lowest BCUT2D eigenvalue weighted by atomic mass is 10.2. The number of anilines is 1. The second-order valence-corrected chi connectivity index (χ2v) is 5.65. The first-order valence-corrected chi connectivity index (χ1v) is 8.24. The lowest BCUT2D eigenvalue weighted by molar-refractivity contribution is -0.153. The highest BCUT2D eigenvalue weighted by Gasteiger charge is 2.21. The lowest BCUT2D eigenvalue weighted by Crippen LogP contribution is -2.42. The van der Waals surface area contributed by atoms with E-state index in [1.165, 1.54) is 6.07 Å². The Bertz CT molecular complexity index is 715. The largest absolute Gasteiger partial charge is 0.353 e. The van der Waals surface area contributed by atoms with Crippen molar-refractivity contribution >= 4 is 17.6 Å². The van der Waals surface area contributed by atoms with Gasteiger partial charge >= 0.3 is 6.03 Å². The monoisotopic (exact) mass is 366 g/mol. The number of carbonyl (C=O) groups is 1. The predicted octanol–water partition coefficient (Wildman–Crippen LogP) is 3.21. The molecule has 1 aromatic rings. The van der Waals surface area contributed by atoms with Crippen molar-refractivity contribution in [1.82, 2.24) is 4.90 Å². The van der Waals surface area contributed by atoms with Gasteiger partial charge in [0.1, 0.15) is 30.1 Å². The average Bonchev–Trinajstić information content (AvgIpc) is 2.64. The van der Waals surface area contributed by atoms with Gasteiger partial charge < -0.3 is 14.8 Å². The number of urea groups is 1. The zero-order chi connectivity index (χ0) is 19.1. The Morgan fingerprint density at radius 1 is 1.46 bits per heavy atom. The molecule has 9 heteroatoms. The first kappa shape index (κ1) is 19.8. The Labute approximate surface area is 150 Å². The number of amidine groups is 1. The van der Waals surface area contributed by atoms with E-state index in [1.54, 1.807) is 6.92 Å². The molecular formula is C17H20F2N4O3. The Balaban J connectivity index is 1.98. The molecule has 7 nitrogen and oxygen atoms in total. The first-order chi connectivity index (χ1) is 12.5. The van der Waals surface area contributed by atoms with Gasteiger partial charge in [-0.2, -0.15) is 5.26 Å². The molecule has 1 aliphatic rings. The Morgan fingerprint density at radius 2 is 2.23 bits per heavy atom. The van der Waals surface area contributed by atoms with Crippen molar-refractivity contribution in [3.05, 3.63) is 29.3 Å². The summed E-state index contributed by atoms with van der Waals surface area (Å²) in [6.07, 6.45) is 2.25. The van der Waals surface area contributed by atoms with Crippen molar-refractivity contribution in [2.45, 2.75) is 32.5 Å². The molecule has 1 aromatic carbocycles. The highest BCUT2D eigenvalue weighted by molar-refractivity contribution is 6.02. The molecule has 1 fully saturated rings. The molecule has 0 aliphatic carbocycles. The molecule has 26 heavy (non-hydrogen) atoms. The van der Waals surface area contributed by atoms with E-state index in [9.17, 15) is 13.6 Å². The quantitative estimate of drug-likeness (QED) is 0.617. The standard InChI is InChI=1S/C17H20F2N4O3/c1-2-23(15(21)10-26-16-5-3-4-6-25-16)17(24)22-14-8-12(18)11(9-20)7-13(14)19/h7-8,16,21H,2-6,10H2,1H3,(H,22,24). The molecule has 0 bridgehead atoms. The van der Waals surface area contributed by atoms with Crippen LogP contribution in [0.3, 0.4) is 0 Å². The third-order valence-corrected chi connectivity index (χ3v) is 3.85. The fraction of sp³-hybridized carbons (Fsp3) is 0.471. The van der Waals surface area contributed by atoms with Gasteiger partial charge in [-0.3, -0.25) is 10.3 Å². The molecule has 0 spiro atoms. The van der Waals surface area contributed by atoms with Crippen molar-refractivity contribution in [3.63, 3.8) is 0 Å². The van der Waals surface area contributed by atoms with E-state index in [-0.39, 0.29) is 19.0 Å². The van der Waals surface area contributed by atoms with Crippen LogP contribution in [0.2, 0.25) is 0 Å². The van der Waals surface area contributed by atoms with E-state index in [0.29, 0.717) is 12.7 Å². The molecule has 2 amide bonds. The van der Waals surface area contributed by atoms with Crippen LogP contribution in [0.25, 0.3) is 0 Å². The van der Waals surface area contributed by atoms with Crippen LogP contribution >= 0.6 is 0 Å². The molecule has 2 rings (SSSR count). The summed E-state index contributed by atoms with van der Waals surface area (Å²) in [6.45, 7) is 2.23. The zero-order valence-corrected chi connectivity index (χ0v) is 14.3. The smallest absolute Gasteiger partial charge is 0.327 e. The van der Waals surface area contributed by atoms with Crippen LogP contribution in [0.15, 0.2) is 12.1 Å². The summed E-state index contributed by atoms with van der Waals surface area (Å²) in [5.74, 6) is -2.01. The number of amides is 2. The van der Waals surface area contributed by atoms with E-state index >= 15 is 0 Å². The van der Waals surface area contributed by atoms with Crippen LogP contribution in [-0.4, -0.2) is 42.8 Å². The van der Waals surface area contributed by atoms with Gasteiger partial charge in [-0.15, -0.1) is 0 Å². The number of benzene rings is 1. The molecular weight excluding hydrogens is 346 g/mol. The van der Waals surface area contributed by atoms with Gasteiger partial charge in [0.15, 0.2) is 6.29 Å². The third kappa shape index (κ3) is 4.97. The minimum Gasteiger partial charge on any atom is -0.353 e. The van der Waals surface area contributed by atoms with Crippen LogP contribution in [0, 0.1) is 28.4 Å². The molecule has 0 aromatic heterocycles. The van der Waals surface area contributed by atoms with Crippen molar-refractivity contribution in [2.24, 2.45) is 0 Å². The van der Waals surface area contributed by atoms with Gasteiger partial charge in [-0.1, -0.05) is 0 Å². The van der Waals surface area contributed by atoms with Crippen molar-refractivity contribution in [2.75, 3.05) is 25.1 Å². The molecule has 140 valence electrons. The first-order valence-electron chi connectivity index (χ1n) is 8.24. The van der Waals surface area contributed by atoms with E-state index in [4.69, 9.17) is 20.1 Å². The number of rotatable bonds is 5. The van der Waals surface area contributed by atoms with Crippen LogP contribution in [-0.2, 0) is 9.47 Å². The van der Waals surface area contributed by atoms with Gasteiger partial charge in [0, 0.05) is 19.2 Å². The van der Waals surface area contributed by atoms with Gasteiger partial charge in [-0.25, -0.2) is 13.6 Å². The maximum atomic E-state index is 13.9. The number of likely N-dealkylation sites (N-methyl/N-ethyl adjacent to an activating group) is 1. The number of nitrogens with one attached hydrogen (secondary N) is 2. The van der Waals surface area contributed by atoms with Crippen LogP contribution in [0.5, 0.6) is 0 Å². The summed E-state index contributed by atoms with van der Waals surface area (Å²) in [6, 6.07) is 2.15. The van der Waals surface area contributed by atoms with Crippen LogP contribution in [0.1, 0.15) is 31.7 Å². The molecule has 1 atom stereocenters. The number of halogens is 2. The minimum atomic E-state index is -0.944. The maximum Gasteiger partial charge on any atom is 0.327 e. The summed E-state index contributed by atoms with van der Waals surface area (Å²) in [4.78, 5) is 13.3. The Morgan fingerprint density at radius 3 is 2.85 bits per heavy atom. The molecule has 1 aliphatic heterocycles.